The third kappa shape index (κ3) is 8.63. The highest BCUT2D eigenvalue weighted by Crippen LogP contribution is 2.66. The zero-order chi connectivity index (χ0) is 47.5. The minimum atomic E-state index is -3.99. The number of rotatable bonds is 13. The minimum Gasteiger partial charge on any atom is -0.373 e. The number of hydrogen-bond acceptors (Lipinski definition) is 12. The highest BCUT2D eigenvalue weighted by molar-refractivity contribution is 7.04. The van der Waals surface area contributed by atoms with Gasteiger partial charge in [0.05, 0.1) is 16.9 Å². The van der Waals surface area contributed by atoms with Crippen LogP contribution in [-0.4, -0.2) is 87.3 Å². The van der Waals surface area contributed by atoms with Crippen LogP contribution in [-0.2, 0) is 49.4 Å². The average Bonchev–Trinajstić information content (AvgIpc) is 4.18. The van der Waals surface area contributed by atoms with Gasteiger partial charge in [0.15, 0.2) is 0 Å². The highest BCUT2D eigenvalue weighted by atomic mass is 28.6. The molecule has 1 aromatic rings. The molecule has 13 fully saturated rings. The van der Waals surface area contributed by atoms with E-state index in [0.29, 0.717) is 6.04 Å². The van der Waals surface area contributed by atoms with Crippen LogP contribution >= 0.6 is 0 Å². The quantitative estimate of drug-likeness (QED) is 0.175. The van der Waals surface area contributed by atoms with E-state index in [9.17, 15) is 0 Å². The van der Waals surface area contributed by atoms with Crippen molar-refractivity contribution < 1.29 is 49.4 Å². The molecule has 0 amide bonds. The minimum absolute atomic E-state index is 0.0583. The largest absolute Gasteiger partial charge is 0.482 e. The van der Waals surface area contributed by atoms with Crippen molar-refractivity contribution in [2.75, 3.05) is 0 Å². The third-order valence-corrected chi connectivity index (χ3v) is 64.6. The molecular weight excluding hydrogens is 1050 g/mol. The van der Waals surface area contributed by atoms with Gasteiger partial charge >= 0.3 is 70.4 Å². The molecule has 13 aliphatic rings. The van der Waals surface area contributed by atoms with Gasteiger partial charge in [-0.2, -0.15) is 0 Å². The fourth-order valence-electron chi connectivity index (χ4n) is 15.9. The zero-order valence-corrected chi connectivity index (χ0v) is 53.2. The van der Waals surface area contributed by atoms with Gasteiger partial charge in [-0.25, -0.2) is 0 Å². The Morgan fingerprint density at radius 3 is 0.829 bits per heavy atom. The van der Waals surface area contributed by atoms with Crippen LogP contribution in [0, 0.1) is 0 Å². The molecule has 8 bridgehead atoms. The molecule has 1 aromatic carbocycles. The molecule has 14 rings (SSSR count). The maximum Gasteiger partial charge on any atom is 0.482 e. The van der Waals surface area contributed by atoms with Gasteiger partial charge in [-0.15, -0.1) is 0 Å². The fraction of sp³-hybridized carbons (Fsp3) is 0.875. The van der Waals surface area contributed by atoms with Crippen LogP contribution < -0.4 is 10.4 Å². The molecule has 6 saturated heterocycles. The van der Waals surface area contributed by atoms with Crippen LogP contribution in [0.4, 0.5) is 0 Å². The summed E-state index contributed by atoms with van der Waals surface area (Å²) in [5.41, 5.74) is 0.463. The van der Waals surface area contributed by atoms with Crippen LogP contribution in [0.2, 0.25) is 77.1 Å². The lowest BCUT2D eigenvalue weighted by Gasteiger charge is -2.66. The first-order valence-corrected chi connectivity index (χ1v) is 49.4. The predicted octanol–water partition coefficient (Wildman–Crippen LogP) is 12.3. The second kappa shape index (κ2) is 19.1. The second-order valence-electron chi connectivity index (χ2n) is 25.3. The van der Waals surface area contributed by atoms with E-state index < -0.39 is 87.3 Å². The van der Waals surface area contributed by atoms with E-state index in [0.717, 1.165) is 192 Å². The first-order chi connectivity index (χ1) is 33.8. The van der Waals surface area contributed by atoms with Gasteiger partial charge in [0.25, 0.3) is 0 Å². The monoisotopic (exact) mass is 1130 g/mol. The Bertz CT molecular complexity index is 1860. The van der Waals surface area contributed by atoms with Crippen molar-refractivity contribution in [3.63, 3.8) is 0 Å². The SMILES string of the molecule is C[Si](C)c1ccc([Si](C)(C)CCC[Si]23O[Si]4(C5CCCC5)O[Si]5(C6CCCC6)O[Si](C6CCCC6)(O2)O[Si]2(C6CCCC6)O[Si](C6CCCC6)(O3)O[Si](C3CCCC3)(O4)O[Si](C3CCCC3)(O5)O2)cc1. The van der Waals surface area contributed by atoms with Gasteiger partial charge in [0, 0.05) is 44.8 Å². The fourth-order valence-corrected chi connectivity index (χ4v) is 75.7. The van der Waals surface area contributed by atoms with Crippen LogP contribution in [0.15, 0.2) is 24.3 Å². The zero-order valence-electron chi connectivity index (χ0n) is 43.2. The lowest BCUT2D eigenvalue weighted by atomic mass is 10.4. The van der Waals surface area contributed by atoms with Crippen molar-refractivity contribution in [3.05, 3.63) is 24.3 Å². The summed E-state index contributed by atoms with van der Waals surface area (Å²) in [7, 11) is -34.0. The summed E-state index contributed by atoms with van der Waals surface area (Å²) >= 11 is 0. The summed E-state index contributed by atoms with van der Waals surface area (Å²) in [6, 6.07) is 11.4. The van der Waals surface area contributed by atoms with Crippen molar-refractivity contribution in [1.82, 2.24) is 0 Å². The van der Waals surface area contributed by atoms with Crippen LogP contribution in [0.1, 0.15) is 186 Å². The smallest absolute Gasteiger partial charge is 0.373 e. The van der Waals surface area contributed by atoms with Crippen molar-refractivity contribution in [2.24, 2.45) is 0 Å². The number of benzene rings is 1. The molecule has 1 radical (unpaired) electrons. The Morgan fingerprint density at radius 1 is 0.371 bits per heavy atom. The van der Waals surface area contributed by atoms with Gasteiger partial charge in [-0.3, -0.25) is 0 Å². The van der Waals surface area contributed by atoms with E-state index in [1.54, 1.807) is 0 Å². The Labute approximate surface area is 431 Å². The van der Waals surface area contributed by atoms with Gasteiger partial charge in [-0.05, 0) is 89.9 Å². The highest BCUT2D eigenvalue weighted by Gasteiger charge is 2.88. The van der Waals surface area contributed by atoms with E-state index in [2.05, 4.69) is 50.5 Å². The standard InChI is InChI=1S/C48H85O12Si10/c1-61(2)40-34-36-41(37-35-40)62(3,4)38-19-39-63-49-64(42-20-5-6-21-42)52-67(45-26-11-12-27-45)54-65(50-63,43-22-7-8-23-43)56-69(47-30-15-16-31-47)57-66(51-63,44-24-9-10-25-44)55-68(53-64,46-28-13-14-29-46)59-70(58-67,60-69)48-32-17-18-33-48/h34-37,42-48H,5-33,38-39H2,1-4H3. The van der Waals surface area contributed by atoms with Gasteiger partial charge in [-0.1, -0.05) is 163 Å². The maximum absolute atomic E-state index is 8.59. The molecule has 0 aromatic heterocycles. The Kier molecular flexibility index (Phi) is 13.7. The Hall–Kier alpha value is 0.909. The number of hydrogen-bond donors (Lipinski definition) is 0. The summed E-state index contributed by atoms with van der Waals surface area (Å²) in [6.07, 6.45) is 30.5. The summed E-state index contributed by atoms with van der Waals surface area (Å²) < 4.78 is 103. The maximum atomic E-state index is 8.59. The van der Waals surface area contributed by atoms with Crippen molar-refractivity contribution >= 4 is 97.7 Å². The van der Waals surface area contributed by atoms with E-state index in [1.165, 1.54) is 10.4 Å². The van der Waals surface area contributed by atoms with E-state index >= 15 is 0 Å². The average molecular weight is 1140 g/mol. The van der Waals surface area contributed by atoms with Crippen molar-refractivity contribution in [3.8, 4) is 0 Å². The summed E-state index contributed by atoms with van der Waals surface area (Å²) in [6.45, 7) is 9.89. The normalized spacial score (nSPS) is 43.8. The van der Waals surface area contributed by atoms with E-state index in [1.807, 2.05) is 0 Å². The molecule has 6 heterocycles. The predicted molar refractivity (Wildman–Crippen MR) is 289 cm³/mol. The molecule has 6 aliphatic heterocycles. The first-order valence-electron chi connectivity index (χ1n) is 29.2. The third-order valence-electron chi connectivity index (χ3n) is 20.0. The molecule has 7 saturated carbocycles. The van der Waals surface area contributed by atoms with Gasteiger partial charge in [0.2, 0.25) is 0 Å². The summed E-state index contributed by atoms with van der Waals surface area (Å²) in [4.78, 5) is 0. The van der Waals surface area contributed by atoms with Gasteiger partial charge < -0.3 is 49.4 Å². The molecule has 0 N–H and O–H groups in total. The van der Waals surface area contributed by atoms with Crippen molar-refractivity contribution in [1.29, 1.82) is 0 Å². The Morgan fingerprint density at radius 2 is 0.600 bits per heavy atom. The first kappa shape index (κ1) is 50.4. The summed E-state index contributed by atoms with van der Waals surface area (Å²) in [5, 5.41) is 3.01. The Balaban J connectivity index is 1.06. The molecule has 12 nitrogen and oxygen atoms in total. The molecule has 0 unspecified atom stereocenters. The van der Waals surface area contributed by atoms with E-state index in [4.69, 9.17) is 49.4 Å². The molecule has 389 valence electrons. The molecular formula is C48H85O12Si10. The second-order valence-corrected chi connectivity index (χ2v) is 58.6. The van der Waals surface area contributed by atoms with E-state index in [-0.39, 0.29) is 38.8 Å². The van der Waals surface area contributed by atoms with Crippen LogP contribution in [0.5, 0.6) is 0 Å². The topological polar surface area (TPSA) is 111 Å². The van der Waals surface area contributed by atoms with Crippen LogP contribution in [0.25, 0.3) is 0 Å². The molecule has 22 heteroatoms. The lowest BCUT2D eigenvalue weighted by Crippen LogP contribution is -2.90. The summed E-state index contributed by atoms with van der Waals surface area (Å²) in [5.74, 6) is 0. The van der Waals surface area contributed by atoms with Crippen LogP contribution in [0.3, 0.4) is 0 Å². The lowest BCUT2D eigenvalue weighted by molar-refractivity contribution is -0.0457. The van der Waals surface area contributed by atoms with Crippen molar-refractivity contribution in [2.45, 2.75) is 263 Å². The molecule has 7 aliphatic carbocycles. The molecule has 0 spiro atoms. The molecule has 70 heavy (non-hydrogen) atoms. The van der Waals surface area contributed by atoms with Gasteiger partial charge in [0.1, 0.15) is 0 Å². The molecule has 0 atom stereocenters.